The molecule has 2 aromatic rings. The highest BCUT2D eigenvalue weighted by Gasteiger charge is 2.08. The highest BCUT2D eigenvalue weighted by atomic mass is 33.1. The fourth-order valence-electron chi connectivity index (χ4n) is 1.32. The summed E-state index contributed by atoms with van der Waals surface area (Å²) >= 11 is 6.00. The van der Waals surface area contributed by atoms with Crippen molar-refractivity contribution in [1.82, 2.24) is 4.98 Å². The van der Waals surface area contributed by atoms with E-state index in [1.165, 1.54) is 4.70 Å². The Balaban J connectivity index is 2.00. The summed E-state index contributed by atoms with van der Waals surface area (Å²) < 4.78 is 2.36. The summed E-state index contributed by atoms with van der Waals surface area (Å²) in [5, 5.41) is 0.449. The van der Waals surface area contributed by atoms with E-state index in [2.05, 4.69) is 42.4 Å². The van der Waals surface area contributed by atoms with Crippen LogP contribution in [0.4, 0.5) is 0 Å². The van der Waals surface area contributed by atoms with Crippen molar-refractivity contribution in [3.05, 3.63) is 36.9 Å². The molecule has 0 saturated heterocycles. The molecule has 0 amide bonds. The second-order valence-corrected chi connectivity index (χ2v) is 7.58. The summed E-state index contributed by atoms with van der Waals surface area (Å²) in [5.74, 6) is 0.893. The van der Waals surface area contributed by atoms with Crippen molar-refractivity contribution in [2.24, 2.45) is 0 Å². The lowest BCUT2D eigenvalue weighted by atomic mass is 10.3. The van der Waals surface area contributed by atoms with Crippen LogP contribution in [0.3, 0.4) is 0 Å². The fourth-order valence-corrected chi connectivity index (χ4v) is 5.43. The average Bonchev–Trinajstić information content (AvgIpc) is 2.77. The van der Waals surface area contributed by atoms with E-state index in [1.54, 1.807) is 22.1 Å². The first-order valence-electron chi connectivity index (χ1n) is 5.26. The van der Waals surface area contributed by atoms with Crippen LogP contribution < -0.4 is 0 Å². The molecular weight excluding hydrogens is 286 g/mol. The van der Waals surface area contributed by atoms with Gasteiger partial charge in [-0.25, -0.2) is 4.98 Å². The van der Waals surface area contributed by atoms with Gasteiger partial charge in [0.05, 0.1) is 10.2 Å². The predicted molar refractivity (Wildman–Crippen MR) is 85.5 cm³/mol. The smallest absolute Gasteiger partial charge is 0.161 e. The first kappa shape index (κ1) is 13.3. The SMILES string of the molecule is C=CC(CCS)SSc1nc2ccccc2s1. The molecule has 0 aliphatic heterocycles. The van der Waals surface area contributed by atoms with Gasteiger partial charge in [-0.15, -0.1) is 17.9 Å². The van der Waals surface area contributed by atoms with Crippen LogP contribution in [0, 0.1) is 0 Å². The zero-order valence-corrected chi connectivity index (χ0v) is 12.5. The van der Waals surface area contributed by atoms with Gasteiger partial charge in [0.25, 0.3) is 0 Å². The van der Waals surface area contributed by atoms with Crippen molar-refractivity contribution in [3.63, 3.8) is 0 Å². The van der Waals surface area contributed by atoms with Gasteiger partial charge in [0.15, 0.2) is 4.34 Å². The van der Waals surface area contributed by atoms with Crippen LogP contribution >= 0.6 is 45.6 Å². The van der Waals surface area contributed by atoms with Crippen molar-refractivity contribution in [2.45, 2.75) is 16.0 Å². The highest BCUT2D eigenvalue weighted by Crippen LogP contribution is 2.39. The first-order chi connectivity index (χ1) is 8.33. The van der Waals surface area contributed by atoms with Crippen LogP contribution in [0.15, 0.2) is 41.3 Å². The lowest BCUT2D eigenvalue weighted by Gasteiger charge is -2.07. The maximum Gasteiger partial charge on any atom is 0.161 e. The molecule has 1 nitrogen and oxygen atoms in total. The molecule has 0 radical (unpaired) electrons. The first-order valence-corrected chi connectivity index (χ1v) is 8.92. The lowest BCUT2D eigenvalue weighted by Crippen LogP contribution is -1.95. The second-order valence-electron chi connectivity index (χ2n) is 3.41. The van der Waals surface area contributed by atoms with Gasteiger partial charge in [0.2, 0.25) is 0 Å². The van der Waals surface area contributed by atoms with Crippen LogP contribution in [-0.4, -0.2) is 16.0 Å². The molecule has 0 saturated carbocycles. The molecule has 1 atom stereocenters. The normalized spacial score (nSPS) is 12.8. The van der Waals surface area contributed by atoms with E-state index < -0.39 is 0 Å². The van der Waals surface area contributed by atoms with E-state index in [1.807, 2.05) is 22.9 Å². The number of hydrogen-bond donors (Lipinski definition) is 1. The summed E-state index contributed by atoms with van der Waals surface area (Å²) in [5.41, 5.74) is 1.09. The monoisotopic (exact) mass is 299 g/mol. The molecule has 5 heteroatoms. The molecular formula is C12H13NS4. The van der Waals surface area contributed by atoms with Crippen LogP contribution in [-0.2, 0) is 0 Å². The van der Waals surface area contributed by atoms with Gasteiger partial charge in [0.1, 0.15) is 0 Å². The number of benzene rings is 1. The van der Waals surface area contributed by atoms with Gasteiger partial charge in [-0.1, -0.05) is 29.0 Å². The minimum Gasteiger partial charge on any atom is -0.229 e. The van der Waals surface area contributed by atoms with E-state index in [-0.39, 0.29) is 0 Å². The summed E-state index contributed by atoms with van der Waals surface area (Å²) in [6, 6.07) is 8.24. The Morgan fingerprint density at radius 2 is 2.29 bits per heavy atom. The van der Waals surface area contributed by atoms with Crippen molar-refractivity contribution in [3.8, 4) is 0 Å². The quantitative estimate of drug-likeness (QED) is 0.462. The third-order valence-corrected chi connectivity index (χ3v) is 6.61. The van der Waals surface area contributed by atoms with Gasteiger partial charge in [0, 0.05) is 5.25 Å². The largest absolute Gasteiger partial charge is 0.229 e. The average molecular weight is 300 g/mol. The van der Waals surface area contributed by atoms with Crippen LogP contribution in [0.1, 0.15) is 6.42 Å². The van der Waals surface area contributed by atoms with E-state index in [4.69, 9.17) is 0 Å². The van der Waals surface area contributed by atoms with Gasteiger partial charge in [-0.05, 0) is 35.1 Å². The van der Waals surface area contributed by atoms with E-state index in [0.29, 0.717) is 5.25 Å². The fraction of sp³-hybridized carbons (Fsp3) is 0.250. The maximum absolute atomic E-state index is 4.59. The Morgan fingerprint density at radius 1 is 1.47 bits per heavy atom. The van der Waals surface area contributed by atoms with Crippen molar-refractivity contribution >= 4 is 55.8 Å². The molecule has 0 aliphatic carbocycles. The Bertz CT molecular complexity index is 461. The second kappa shape index (κ2) is 6.73. The molecule has 0 bridgehead atoms. The van der Waals surface area contributed by atoms with Gasteiger partial charge >= 0.3 is 0 Å². The van der Waals surface area contributed by atoms with Crippen LogP contribution in [0.25, 0.3) is 10.2 Å². The van der Waals surface area contributed by atoms with Gasteiger partial charge < -0.3 is 0 Å². The molecule has 0 aliphatic rings. The number of rotatable bonds is 6. The van der Waals surface area contributed by atoms with Gasteiger partial charge in [-0.3, -0.25) is 0 Å². The molecule has 1 aromatic heterocycles. The van der Waals surface area contributed by atoms with Gasteiger partial charge in [-0.2, -0.15) is 12.6 Å². The number of para-hydroxylation sites is 1. The van der Waals surface area contributed by atoms with Crippen LogP contribution in [0.5, 0.6) is 0 Å². The summed E-state index contributed by atoms with van der Waals surface area (Å²) in [4.78, 5) is 4.59. The molecule has 0 spiro atoms. The zero-order valence-electron chi connectivity index (χ0n) is 9.20. The Labute approximate surface area is 119 Å². The molecule has 2 rings (SSSR count). The Hall–Kier alpha value is -0.100. The van der Waals surface area contributed by atoms with Crippen molar-refractivity contribution in [1.29, 1.82) is 0 Å². The van der Waals surface area contributed by atoms with E-state index in [0.717, 1.165) is 22.0 Å². The minimum atomic E-state index is 0.449. The standard InChI is InChI=1S/C12H13NS4/c1-2-9(7-8-14)16-17-12-13-10-5-3-4-6-11(10)15-12/h2-6,9,14H,1,7-8H2. The summed E-state index contributed by atoms with van der Waals surface area (Å²) in [6.45, 7) is 3.85. The number of thiazole rings is 1. The summed E-state index contributed by atoms with van der Waals surface area (Å²) in [7, 11) is 3.55. The molecule has 0 N–H and O–H groups in total. The molecule has 1 aromatic carbocycles. The zero-order chi connectivity index (χ0) is 12.1. The molecule has 1 heterocycles. The number of nitrogens with zero attached hydrogens (tertiary/aromatic N) is 1. The Kier molecular flexibility index (Phi) is 5.28. The number of hydrogen-bond acceptors (Lipinski definition) is 5. The van der Waals surface area contributed by atoms with E-state index >= 15 is 0 Å². The Morgan fingerprint density at radius 3 is 3.00 bits per heavy atom. The van der Waals surface area contributed by atoms with Crippen molar-refractivity contribution in [2.75, 3.05) is 5.75 Å². The number of thiol groups is 1. The predicted octanol–water partition coefficient (Wildman–Crippen LogP) is 4.91. The molecule has 0 fully saturated rings. The minimum absolute atomic E-state index is 0.449. The van der Waals surface area contributed by atoms with Crippen molar-refractivity contribution < 1.29 is 0 Å². The maximum atomic E-state index is 4.59. The number of aromatic nitrogens is 1. The molecule has 90 valence electrons. The molecule has 1 unspecified atom stereocenters. The third kappa shape index (κ3) is 3.68. The summed E-state index contributed by atoms with van der Waals surface area (Å²) in [6.07, 6.45) is 3.04. The lowest BCUT2D eigenvalue weighted by molar-refractivity contribution is 1.00. The number of fused-ring (bicyclic) bond motifs is 1. The highest BCUT2D eigenvalue weighted by molar-refractivity contribution is 8.77. The van der Waals surface area contributed by atoms with Crippen LogP contribution in [0.2, 0.25) is 0 Å². The third-order valence-electron chi connectivity index (χ3n) is 2.19. The van der Waals surface area contributed by atoms with E-state index in [9.17, 15) is 0 Å². The topological polar surface area (TPSA) is 12.9 Å². The molecule has 17 heavy (non-hydrogen) atoms.